The fourth-order valence-electron chi connectivity index (χ4n) is 4.28. The third kappa shape index (κ3) is 7.64. The summed E-state index contributed by atoms with van der Waals surface area (Å²) < 4.78 is 29.1. The number of benzene rings is 3. The summed E-state index contributed by atoms with van der Waals surface area (Å²) in [5.74, 6) is -0.838. The smallest absolute Gasteiger partial charge is 0.264 e. The molecule has 0 aromatic heterocycles. The van der Waals surface area contributed by atoms with Crippen LogP contribution >= 0.6 is 11.6 Å². The van der Waals surface area contributed by atoms with Gasteiger partial charge in [-0.1, -0.05) is 53.6 Å². The molecule has 0 aliphatic carbocycles. The first kappa shape index (κ1) is 31.2. The number of nitrogens with one attached hydrogen (secondary N) is 1. The molecule has 9 heteroatoms. The Morgan fingerprint density at radius 2 is 1.55 bits per heavy atom. The average molecular weight is 584 g/mol. The molecule has 1 N–H and O–H groups in total. The third-order valence-electron chi connectivity index (χ3n) is 6.58. The minimum absolute atomic E-state index is 0.0595. The number of hydrogen-bond acceptors (Lipinski definition) is 4. The molecule has 214 valence electrons. The van der Waals surface area contributed by atoms with Crippen molar-refractivity contribution >= 4 is 39.1 Å². The molecular formula is C31H38ClN3O4S. The van der Waals surface area contributed by atoms with Gasteiger partial charge in [0.1, 0.15) is 12.6 Å². The van der Waals surface area contributed by atoms with E-state index in [1.54, 1.807) is 44.2 Å². The highest BCUT2D eigenvalue weighted by atomic mass is 35.5. The summed E-state index contributed by atoms with van der Waals surface area (Å²) in [7, 11) is -4.15. The average Bonchev–Trinajstić information content (AvgIpc) is 2.86. The van der Waals surface area contributed by atoms with E-state index in [-0.39, 0.29) is 17.3 Å². The molecule has 0 saturated heterocycles. The number of halogens is 1. The van der Waals surface area contributed by atoms with Gasteiger partial charge in [-0.2, -0.15) is 0 Å². The predicted molar refractivity (Wildman–Crippen MR) is 161 cm³/mol. The lowest BCUT2D eigenvalue weighted by Crippen LogP contribution is -2.54. The third-order valence-corrected chi connectivity index (χ3v) is 8.59. The van der Waals surface area contributed by atoms with Crippen LogP contribution in [0.4, 0.5) is 5.69 Å². The van der Waals surface area contributed by atoms with Crippen LogP contribution in [0.3, 0.4) is 0 Å². The number of aryl methyl sites for hydroxylation is 3. The van der Waals surface area contributed by atoms with Crippen molar-refractivity contribution in [1.82, 2.24) is 10.2 Å². The van der Waals surface area contributed by atoms with E-state index in [0.29, 0.717) is 16.3 Å². The zero-order chi connectivity index (χ0) is 29.8. The minimum Gasteiger partial charge on any atom is -0.350 e. The molecule has 1 atom stereocenters. The van der Waals surface area contributed by atoms with Gasteiger partial charge in [-0.05, 0) is 95.5 Å². The van der Waals surface area contributed by atoms with Gasteiger partial charge in [0.15, 0.2) is 0 Å². The summed E-state index contributed by atoms with van der Waals surface area (Å²) in [6, 6.07) is 18.1. The van der Waals surface area contributed by atoms with E-state index in [0.717, 1.165) is 21.0 Å². The van der Waals surface area contributed by atoms with Crippen LogP contribution in [-0.2, 0) is 26.2 Å². The largest absolute Gasteiger partial charge is 0.350 e. The molecule has 40 heavy (non-hydrogen) atoms. The molecular weight excluding hydrogens is 546 g/mol. The molecule has 0 fully saturated rings. The van der Waals surface area contributed by atoms with E-state index in [1.165, 1.54) is 17.0 Å². The van der Waals surface area contributed by atoms with Crippen LogP contribution in [-0.4, -0.2) is 43.3 Å². The fourth-order valence-corrected chi connectivity index (χ4v) is 5.98. The first-order valence-electron chi connectivity index (χ1n) is 13.1. The molecule has 0 aliphatic rings. The normalized spacial score (nSPS) is 12.5. The first-order valence-corrected chi connectivity index (χ1v) is 14.9. The number of sulfonamides is 1. The lowest BCUT2D eigenvalue weighted by atomic mass is 10.1. The van der Waals surface area contributed by atoms with Crippen molar-refractivity contribution < 1.29 is 18.0 Å². The van der Waals surface area contributed by atoms with Crippen LogP contribution in [0.25, 0.3) is 0 Å². The monoisotopic (exact) mass is 583 g/mol. The summed E-state index contributed by atoms with van der Waals surface area (Å²) in [5, 5.41) is 3.39. The van der Waals surface area contributed by atoms with Crippen molar-refractivity contribution in [3.63, 3.8) is 0 Å². The van der Waals surface area contributed by atoms with E-state index in [2.05, 4.69) is 5.32 Å². The molecule has 2 amide bonds. The molecule has 0 saturated carbocycles. The van der Waals surface area contributed by atoms with Gasteiger partial charge in [-0.25, -0.2) is 8.42 Å². The van der Waals surface area contributed by atoms with Gasteiger partial charge < -0.3 is 10.2 Å². The van der Waals surface area contributed by atoms with Crippen molar-refractivity contribution in [2.45, 2.75) is 71.5 Å². The topological polar surface area (TPSA) is 86.8 Å². The van der Waals surface area contributed by atoms with Crippen LogP contribution in [0, 0.1) is 20.8 Å². The van der Waals surface area contributed by atoms with Gasteiger partial charge in [-0.3, -0.25) is 13.9 Å². The Hall–Kier alpha value is -3.36. The number of anilines is 1. The Morgan fingerprint density at radius 1 is 0.925 bits per heavy atom. The Bertz CT molecular complexity index is 1480. The lowest BCUT2D eigenvalue weighted by Gasteiger charge is -2.34. The van der Waals surface area contributed by atoms with Crippen LogP contribution < -0.4 is 9.62 Å². The number of carbonyl (C=O) groups is 2. The van der Waals surface area contributed by atoms with Crippen LogP contribution in [0.2, 0.25) is 5.02 Å². The van der Waals surface area contributed by atoms with Crippen molar-refractivity contribution in [2.24, 2.45) is 0 Å². The second-order valence-corrected chi connectivity index (χ2v) is 13.4. The van der Waals surface area contributed by atoms with Crippen molar-refractivity contribution in [1.29, 1.82) is 0 Å². The minimum atomic E-state index is -4.15. The lowest BCUT2D eigenvalue weighted by molar-refractivity contribution is -0.140. The summed E-state index contributed by atoms with van der Waals surface area (Å²) in [5.41, 5.74) is 3.15. The number of nitrogens with zero attached hydrogens (tertiary/aromatic N) is 2. The van der Waals surface area contributed by atoms with E-state index in [9.17, 15) is 18.0 Å². The Labute approximate surface area is 243 Å². The molecule has 0 heterocycles. The van der Waals surface area contributed by atoms with Gasteiger partial charge >= 0.3 is 0 Å². The predicted octanol–water partition coefficient (Wildman–Crippen LogP) is 5.79. The summed E-state index contributed by atoms with van der Waals surface area (Å²) >= 11 is 6.17. The second-order valence-electron chi connectivity index (χ2n) is 11.1. The highest BCUT2D eigenvalue weighted by molar-refractivity contribution is 7.92. The van der Waals surface area contributed by atoms with Gasteiger partial charge in [0.05, 0.1) is 10.6 Å². The molecule has 0 unspecified atom stereocenters. The van der Waals surface area contributed by atoms with Crippen molar-refractivity contribution in [3.05, 3.63) is 94.0 Å². The highest BCUT2D eigenvalue weighted by Gasteiger charge is 2.34. The van der Waals surface area contributed by atoms with E-state index in [1.807, 2.05) is 58.9 Å². The molecule has 3 aromatic rings. The van der Waals surface area contributed by atoms with E-state index in [4.69, 9.17) is 11.6 Å². The highest BCUT2D eigenvalue weighted by Crippen LogP contribution is 2.29. The van der Waals surface area contributed by atoms with Gasteiger partial charge in [0, 0.05) is 17.1 Å². The standard InChI is InChI=1S/C31H38ClN3O4S/c1-21-12-15-27(16-13-21)40(38,39)35(28-17-14-26(32)18-23(28)3)20-29(36)34(19-25-11-9-8-10-22(25)2)24(4)30(37)33-31(5,6)7/h8-18,24H,19-20H2,1-7H3,(H,33,37)/t24-/m1/s1. The van der Waals surface area contributed by atoms with Gasteiger partial charge in [-0.15, -0.1) is 0 Å². The Balaban J connectivity index is 2.08. The SMILES string of the molecule is Cc1ccc(S(=O)(=O)N(CC(=O)N(Cc2ccccc2C)[C@H](C)C(=O)NC(C)(C)C)c2ccc(Cl)cc2C)cc1. The Kier molecular flexibility index (Phi) is 9.69. The summed E-state index contributed by atoms with van der Waals surface area (Å²) in [6.07, 6.45) is 0. The van der Waals surface area contributed by atoms with Crippen LogP contribution in [0.1, 0.15) is 49.9 Å². The number of hydrogen-bond donors (Lipinski definition) is 1. The fraction of sp³-hybridized carbons (Fsp3) is 0.355. The molecule has 0 bridgehead atoms. The van der Waals surface area contributed by atoms with Crippen LogP contribution in [0.5, 0.6) is 0 Å². The summed E-state index contributed by atoms with van der Waals surface area (Å²) in [4.78, 5) is 28.8. The Morgan fingerprint density at radius 3 is 2.12 bits per heavy atom. The van der Waals surface area contributed by atoms with Crippen molar-refractivity contribution in [3.8, 4) is 0 Å². The summed E-state index contributed by atoms with van der Waals surface area (Å²) in [6.45, 7) is 12.4. The second kappa shape index (κ2) is 12.4. The number of amides is 2. The van der Waals surface area contributed by atoms with Gasteiger partial charge in [0.2, 0.25) is 11.8 Å². The number of carbonyl (C=O) groups excluding carboxylic acids is 2. The molecule has 0 aliphatic heterocycles. The maximum atomic E-state index is 14.1. The quantitative estimate of drug-likeness (QED) is 0.345. The molecule has 3 aromatic carbocycles. The zero-order valence-corrected chi connectivity index (χ0v) is 25.7. The zero-order valence-electron chi connectivity index (χ0n) is 24.2. The van der Waals surface area contributed by atoms with E-state index >= 15 is 0 Å². The number of rotatable bonds is 9. The first-order chi connectivity index (χ1) is 18.6. The molecule has 7 nitrogen and oxygen atoms in total. The van der Waals surface area contributed by atoms with Gasteiger partial charge in [0.25, 0.3) is 10.0 Å². The van der Waals surface area contributed by atoms with Crippen molar-refractivity contribution in [2.75, 3.05) is 10.8 Å². The molecule has 0 radical (unpaired) electrons. The molecule has 3 rings (SSSR count). The maximum Gasteiger partial charge on any atom is 0.264 e. The maximum absolute atomic E-state index is 14.1. The van der Waals surface area contributed by atoms with E-state index < -0.39 is 34.1 Å². The molecule has 0 spiro atoms. The van der Waals surface area contributed by atoms with Crippen LogP contribution in [0.15, 0.2) is 71.6 Å².